The minimum atomic E-state index is 0.364. The summed E-state index contributed by atoms with van der Waals surface area (Å²) >= 11 is 5.77. The van der Waals surface area contributed by atoms with Crippen molar-refractivity contribution in [3.8, 4) is 5.75 Å². The number of alkyl halides is 1. The zero-order valence-electron chi connectivity index (χ0n) is 9.80. The van der Waals surface area contributed by atoms with Crippen LogP contribution in [0.1, 0.15) is 21.5 Å². The van der Waals surface area contributed by atoms with E-state index >= 15 is 0 Å². The predicted molar refractivity (Wildman–Crippen MR) is 72.2 cm³/mol. The molecule has 0 unspecified atom stereocenters. The summed E-state index contributed by atoms with van der Waals surface area (Å²) < 4.78 is 5.66. The molecular weight excluding hydrogens is 248 g/mol. The molecule has 0 aliphatic heterocycles. The van der Waals surface area contributed by atoms with Crippen LogP contribution in [0.15, 0.2) is 48.5 Å². The highest BCUT2D eigenvalue weighted by Gasteiger charge is 2.01. The van der Waals surface area contributed by atoms with Gasteiger partial charge in [0, 0.05) is 11.4 Å². The standard InChI is InChI=1S/C15H13ClO2/c16-9-13-6-14(10-17)8-15(7-13)18-11-12-4-2-1-3-5-12/h1-8,10H,9,11H2. The van der Waals surface area contributed by atoms with Crippen LogP contribution in [0.3, 0.4) is 0 Å². The number of benzene rings is 2. The number of rotatable bonds is 5. The van der Waals surface area contributed by atoms with Gasteiger partial charge in [-0.2, -0.15) is 0 Å². The first-order chi connectivity index (χ1) is 8.81. The maximum absolute atomic E-state index is 10.8. The van der Waals surface area contributed by atoms with Crippen LogP contribution < -0.4 is 4.74 Å². The molecule has 0 saturated carbocycles. The van der Waals surface area contributed by atoms with Crippen LogP contribution in [0.25, 0.3) is 0 Å². The molecule has 0 saturated heterocycles. The first-order valence-electron chi connectivity index (χ1n) is 5.63. The Morgan fingerprint density at radius 1 is 1.06 bits per heavy atom. The van der Waals surface area contributed by atoms with E-state index in [9.17, 15) is 4.79 Å². The number of aldehydes is 1. The highest BCUT2D eigenvalue weighted by Crippen LogP contribution is 2.19. The Bertz CT molecular complexity index is 523. The second-order valence-electron chi connectivity index (χ2n) is 3.94. The fourth-order valence-electron chi connectivity index (χ4n) is 1.66. The Hall–Kier alpha value is -1.80. The zero-order chi connectivity index (χ0) is 12.8. The second kappa shape index (κ2) is 6.22. The van der Waals surface area contributed by atoms with Gasteiger partial charge in [0.25, 0.3) is 0 Å². The van der Waals surface area contributed by atoms with E-state index in [-0.39, 0.29) is 0 Å². The van der Waals surface area contributed by atoms with Gasteiger partial charge >= 0.3 is 0 Å². The van der Waals surface area contributed by atoms with Gasteiger partial charge in [0.2, 0.25) is 0 Å². The molecule has 0 N–H and O–H groups in total. The fourth-order valence-corrected chi connectivity index (χ4v) is 1.81. The van der Waals surface area contributed by atoms with Gasteiger partial charge in [0.05, 0.1) is 0 Å². The van der Waals surface area contributed by atoms with Crippen LogP contribution in [-0.4, -0.2) is 6.29 Å². The summed E-state index contributed by atoms with van der Waals surface area (Å²) in [6.07, 6.45) is 0.797. The number of carbonyl (C=O) groups is 1. The van der Waals surface area contributed by atoms with Gasteiger partial charge in [0.15, 0.2) is 0 Å². The topological polar surface area (TPSA) is 26.3 Å². The molecule has 2 aromatic carbocycles. The molecule has 2 nitrogen and oxygen atoms in total. The Kier molecular flexibility index (Phi) is 4.37. The van der Waals surface area contributed by atoms with Gasteiger partial charge in [0.1, 0.15) is 18.6 Å². The van der Waals surface area contributed by atoms with Crippen molar-refractivity contribution < 1.29 is 9.53 Å². The van der Waals surface area contributed by atoms with Crippen molar-refractivity contribution in [1.29, 1.82) is 0 Å². The summed E-state index contributed by atoms with van der Waals surface area (Å²) in [5, 5.41) is 0. The summed E-state index contributed by atoms with van der Waals surface area (Å²) in [5.74, 6) is 1.03. The SMILES string of the molecule is O=Cc1cc(CCl)cc(OCc2ccccc2)c1. The minimum Gasteiger partial charge on any atom is -0.489 e. The summed E-state index contributed by atoms with van der Waals surface area (Å²) in [6.45, 7) is 0.477. The van der Waals surface area contributed by atoms with E-state index in [0.717, 1.165) is 17.4 Å². The lowest BCUT2D eigenvalue weighted by Gasteiger charge is -2.08. The molecule has 0 amide bonds. The van der Waals surface area contributed by atoms with Gasteiger partial charge in [-0.05, 0) is 29.3 Å². The normalized spacial score (nSPS) is 10.1. The smallest absolute Gasteiger partial charge is 0.150 e. The maximum Gasteiger partial charge on any atom is 0.150 e. The molecule has 0 fully saturated rings. The predicted octanol–water partition coefficient (Wildman–Crippen LogP) is 3.82. The first-order valence-corrected chi connectivity index (χ1v) is 6.17. The van der Waals surface area contributed by atoms with Gasteiger partial charge in [-0.15, -0.1) is 11.6 Å². The van der Waals surface area contributed by atoms with E-state index in [1.54, 1.807) is 12.1 Å². The average molecular weight is 261 g/mol. The Balaban J connectivity index is 2.11. The van der Waals surface area contributed by atoms with Crippen molar-refractivity contribution in [3.63, 3.8) is 0 Å². The Morgan fingerprint density at radius 3 is 2.50 bits per heavy atom. The van der Waals surface area contributed by atoms with E-state index in [1.165, 1.54) is 0 Å². The Morgan fingerprint density at radius 2 is 1.83 bits per heavy atom. The third-order valence-corrected chi connectivity index (χ3v) is 2.84. The first kappa shape index (κ1) is 12.7. The van der Waals surface area contributed by atoms with Gasteiger partial charge in [-0.3, -0.25) is 4.79 Å². The maximum atomic E-state index is 10.8. The molecule has 0 atom stereocenters. The van der Waals surface area contributed by atoms with Gasteiger partial charge in [-0.1, -0.05) is 30.3 Å². The third kappa shape index (κ3) is 3.34. The molecule has 2 rings (SSSR count). The molecule has 0 heterocycles. The third-order valence-electron chi connectivity index (χ3n) is 2.53. The van der Waals surface area contributed by atoms with Crippen LogP contribution in [0.5, 0.6) is 5.75 Å². The number of carbonyl (C=O) groups excluding carboxylic acids is 1. The lowest BCUT2D eigenvalue weighted by Crippen LogP contribution is -1.96. The van der Waals surface area contributed by atoms with Crippen molar-refractivity contribution in [2.75, 3.05) is 0 Å². The lowest BCUT2D eigenvalue weighted by molar-refractivity contribution is 0.112. The van der Waals surface area contributed by atoms with Crippen LogP contribution >= 0.6 is 11.6 Å². The molecule has 92 valence electrons. The number of hydrogen-bond donors (Lipinski definition) is 0. The second-order valence-corrected chi connectivity index (χ2v) is 4.20. The minimum absolute atomic E-state index is 0.364. The molecule has 3 heteroatoms. The average Bonchev–Trinajstić information content (AvgIpc) is 2.45. The fraction of sp³-hybridized carbons (Fsp3) is 0.133. The zero-order valence-corrected chi connectivity index (χ0v) is 10.6. The van der Waals surface area contributed by atoms with Gasteiger partial charge in [-0.25, -0.2) is 0 Å². The molecule has 0 aromatic heterocycles. The number of halogens is 1. The molecule has 0 aliphatic rings. The van der Waals surface area contributed by atoms with Crippen LogP contribution in [0, 0.1) is 0 Å². The van der Waals surface area contributed by atoms with E-state index < -0.39 is 0 Å². The molecular formula is C15H13ClO2. The summed E-state index contributed by atoms with van der Waals surface area (Å²) in [7, 11) is 0. The van der Waals surface area contributed by atoms with E-state index in [2.05, 4.69) is 0 Å². The van der Waals surface area contributed by atoms with E-state index in [0.29, 0.717) is 23.8 Å². The summed E-state index contributed by atoms with van der Waals surface area (Å²) in [4.78, 5) is 10.8. The van der Waals surface area contributed by atoms with Gasteiger partial charge < -0.3 is 4.74 Å². The summed E-state index contributed by atoms with van der Waals surface area (Å²) in [6, 6.07) is 15.2. The lowest BCUT2D eigenvalue weighted by atomic mass is 10.1. The van der Waals surface area contributed by atoms with Crippen molar-refractivity contribution in [2.45, 2.75) is 12.5 Å². The highest BCUT2D eigenvalue weighted by atomic mass is 35.5. The molecule has 0 radical (unpaired) electrons. The highest BCUT2D eigenvalue weighted by molar-refractivity contribution is 6.17. The van der Waals surface area contributed by atoms with Crippen LogP contribution in [0.2, 0.25) is 0 Å². The molecule has 18 heavy (non-hydrogen) atoms. The quantitative estimate of drug-likeness (QED) is 0.603. The molecule has 2 aromatic rings. The monoisotopic (exact) mass is 260 g/mol. The molecule has 0 spiro atoms. The van der Waals surface area contributed by atoms with E-state index in [4.69, 9.17) is 16.3 Å². The number of hydrogen-bond acceptors (Lipinski definition) is 2. The van der Waals surface area contributed by atoms with Crippen LogP contribution in [-0.2, 0) is 12.5 Å². The number of ether oxygens (including phenoxy) is 1. The molecule has 0 bridgehead atoms. The molecule has 0 aliphatic carbocycles. The largest absolute Gasteiger partial charge is 0.489 e. The van der Waals surface area contributed by atoms with Crippen molar-refractivity contribution in [2.24, 2.45) is 0 Å². The van der Waals surface area contributed by atoms with Crippen molar-refractivity contribution in [1.82, 2.24) is 0 Å². The van der Waals surface area contributed by atoms with Crippen molar-refractivity contribution in [3.05, 3.63) is 65.2 Å². The Labute approximate surface area is 111 Å². The van der Waals surface area contributed by atoms with Crippen LogP contribution in [0.4, 0.5) is 0 Å². The van der Waals surface area contributed by atoms with E-state index in [1.807, 2.05) is 36.4 Å². The summed E-state index contributed by atoms with van der Waals surface area (Å²) in [5.41, 5.74) is 2.54. The van der Waals surface area contributed by atoms with Crippen molar-refractivity contribution >= 4 is 17.9 Å².